The van der Waals surface area contributed by atoms with Crippen molar-refractivity contribution in [3.05, 3.63) is 0 Å². The summed E-state index contributed by atoms with van der Waals surface area (Å²) >= 11 is 1.82. The van der Waals surface area contributed by atoms with E-state index in [0.717, 1.165) is 5.75 Å². The number of carbonyl (C=O) groups excluding carboxylic acids is 1. The van der Waals surface area contributed by atoms with E-state index in [9.17, 15) is 9.59 Å². The molecule has 5 heteroatoms. The Morgan fingerprint density at radius 2 is 2.31 bits per heavy atom. The van der Waals surface area contributed by atoms with Gasteiger partial charge in [-0.3, -0.25) is 9.59 Å². The van der Waals surface area contributed by atoms with E-state index in [-0.39, 0.29) is 12.3 Å². The monoisotopic (exact) mass is 203 g/mol. The standard InChI is InChI=1S/C8H13NO3S/c1-6-5-9(2-3-13-6)7(10)4-8(11)12/h6H,2-5H2,1H3,(H,11,12). The summed E-state index contributed by atoms with van der Waals surface area (Å²) in [5.41, 5.74) is 0. The largest absolute Gasteiger partial charge is 0.481 e. The summed E-state index contributed by atoms with van der Waals surface area (Å²) in [6, 6.07) is 0. The van der Waals surface area contributed by atoms with Gasteiger partial charge in [-0.05, 0) is 0 Å². The highest BCUT2D eigenvalue weighted by Gasteiger charge is 2.22. The van der Waals surface area contributed by atoms with Crippen LogP contribution in [0.25, 0.3) is 0 Å². The molecule has 0 spiro atoms. The maximum absolute atomic E-state index is 11.3. The van der Waals surface area contributed by atoms with E-state index in [1.807, 2.05) is 18.7 Å². The molecule has 0 saturated carbocycles. The Hall–Kier alpha value is -0.710. The molecule has 0 aromatic rings. The molecule has 4 nitrogen and oxygen atoms in total. The van der Waals surface area contributed by atoms with Crippen molar-refractivity contribution in [3.63, 3.8) is 0 Å². The first-order valence-corrected chi connectivity index (χ1v) is 5.25. The van der Waals surface area contributed by atoms with Gasteiger partial charge in [0.1, 0.15) is 6.42 Å². The van der Waals surface area contributed by atoms with Crippen LogP contribution < -0.4 is 0 Å². The number of aliphatic carboxylic acids is 1. The maximum Gasteiger partial charge on any atom is 0.312 e. The van der Waals surface area contributed by atoms with E-state index in [1.54, 1.807) is 4.90 Å². The molecule has 1 N–H and O–H groups in total. The number of carboxylic acid groups (broad SMARTS) is 1. The molecule has 1 fully saturated rings. The lowest BCUT2D eigenvalue weighted by molar-refractivity contribution is -0.144. The third-order valence-corrected chi connectivity index (χ3v) is 3.03. The number of thioether (sulfide) groups is 1. The minimum Gasteiger partial charge on any atom is -0.481 e. The average Bonchev–Trinajstić information content (AvgIpc) is 2.03. The molecule has 0 bridgehead atoms. The van der Waals surface area contributed by atoms with E-state index in [4.69, 9.17) is 5.11 Å². The van der Waals surface area contributed by atoms with Crippen molar-refractivity contribution in [1.82, 2.24) is 4.90 Å². The summed E-state index contributed by atoms with van der Waals surface area (Å²) in [6.45, 7) is 3.41. The average molecular weight is 203 g/mol. The van der Waals surface area contributed by atoms with Gasteiger partial charge in [-0.25, -0.2) is 0 Å². The van der Waals surface area contributed by atoms with E-state index < -0.39 is 5.97 Å². The highest BCUT2D eigenvalue weighted by molar-refractivity contribution is 7.99. The van der Waals surface area contributed by atoms with Crippen molar-refractivity contribution >= 4 is 23.6 Å². The van der Waals surface area contributed by atoms with Gasteiger partial charge in [-0.2, -0.15) is 11.8 Å². The van der Waals surface area contributed by atoms with Gasteiger partial charge in [-0.15, -0.1) is 0 Å². The number of nitrogens with zero attached hydrogens (tertiary/aromatic N) is 1. The van der Waals surface area contributed by atoms with Crippen LogP contribution in [0.4, 0.5) is 0 Å². The molecule has 1 atom stereocenters. The van der Waals surface area contributed by atoms with Gasteiger partial charge in [0.2, 0.25) is 5.91 Å². The van der Waals surface area contributed by atoms with Crippen LogP contribution in [0.15, 0.2) is 0 Å². The van der Waals surface area contributed by atoms with Gasteiger partial charge in [0.15, 0.2) is 0 Å². The molecule has 1 aliphatic rings. The molecule has 1 amide bonds. The fraction of sp³-hybridized carbons (Fsp3) is 0.750. The van der Waals surface area contributed by atoms with Crippen LogP contribution in [0.2, 0.25) is 0 Å². The molecule has 0 aromatic heterocycles. The zero-order chi connectivity index (χ0) is 9.84. The zero-order valence-electron chi connectivity index (χ0n) is 7.52. The topological polar surface area (TPSA) is 57.6 Å². The van der Waals surface area contributed by atoms with Crippen molar-refractivity contribution in [3.8, 4) is 0 Å². The molecule has 1 saturated heterocycles. The highest BCUT2D eigenvalue weighted by atomic mass is 32.2. The van der Waals surface area contributed by atoms with E-state index in [1.165, 1.54) is 0 Å². The second-order valence-electron chi connectivity index (χ2n) is 3.09. The highest BCUT2D eigenvalue weighted by Crippen LogP contribution is 2.18. The fourth-order valence-corrected chi connectivity index (χ4v) is 2.30. The van der Waals surface area contributed by atoms with Crippen LogP contribution >= 0.6 is 11.8 Å². The summed E-state index contributed by atoms with van der Waals surface area (Å²) in [6.07, 6.45) is -0.378. The van der Waals surface area contributed by atoms with Gasteiger partial charge in [0.05, 0.1) is 0 Å². The van der Waals surface area contributed by atoms with Crippen LogP contribution in [0.3, 0.4) is 0 Å². The summed E-state index contributed by atoms with van der Waals surface area (Å²) in [5.74, 6) is -0.400. The first-order chi connectivity index (χ1) is 6.09. The van der Waals surface area contributed by atoms with E-state index in [2.05, 4.69) is 0 Å². The van der Waals surface area contributed by atoms with Crippen molar-refractivity contribution in [2.24, 2.45) is 0 Å². The molecular formula is C8H13NO3S. The van der Waals surface area contributed by atoms with Crippen LogP contribution in [-0.4, -0.2) is 46.0 Å². The van der Waals surface area contributed by atoms with E-state index >= 15 is 0 Å². The van der Waals surface area contributed by atoms with Gasteiger partial charge in [-0.1, -0.05) is 6.92 Å². The number of hydrogen-bond acceptors (Lipinski definition) is 3. The van der Waals surface area contributed by atoms with Crippen molar-refractivity contribution < 1.29 is 14.7 Å². The van der Waals surface area contributed by atoms with E-state index in [0.29, 0.717) is 18.3 Å². The second kappa shape index (κ2) is 4.50. The third kappa shape index (κ3) is 3.26. The smallest absolute Gasteiger partial charge is 0.312 e. The molecule has 13 heavy (non-hydrogen) atoms. The minimum atomic E-state index is -1.05. The summed E-state index contributed by atoms with van der Waals surface area (Å²) in [5, 5.41) is 8.85. The lowest BCUT2D eigenvalue weighted by Crippen LogP contribution is -2.41. The molecule has 0 aliphatic carbocycles. The zero-order valence-corrected chi connectivity index (χ0v) is 8.34. The van der Waals surface area contributed by atoms with Crippen molar-refractivity contribution in [1.29, 1.82) is 0 Å². The number of amides is 1. The Bertz CT molecular complexity index is 219. The molecule has 0 aromatic carbocycles. The first-order valence-electron chi connectivity index (χ1n) is 4.21. The fourth-order valence-electron chi connectivity index (χ4n) is 1.29. The lowest BCUT2D eigenvalue weighted by atomic mass is 10.3. The Kier molecular flexibility index (Phi) is 3.59. The molecule has 74 valence electrons. The molecule has 0 radical (unpaired) electrons. The summed E-state index contributed by atoms with van der Waals surface area (Å²) < 4.78 is 0. The van der Waals surface area contributed by atoms with Gasteiger partial charge >= 0.3 is 5.97 Å². The predicted molar refractivity (Wildman–Crippen MR) is 50.8 cm³/mol. The number of hydrogen-bond donors (Lipinski definition) is 1. The van der Waals surface area contributed by atoms with Crippen LogP contribution in [0, 0.1) is 0 Å². The Morgan fingerprint density at radius 3 is 2.85 bits per heavy atom. The SMILES string of the molecule is CC1CN(C(=O)CC(=O)O)CCS1. The van der Waals surface area contributed by atoms with Gasteiger partial charge < -0.3 is 10.0 Å². The molecule has 1 unspecified atom stereocenters. The normalized spacial score (nSPS) is 22.8. The Morgan fingerprint density at radius 1 is 1.62 bits per heavy atom. The van der Waals surface area contributed by atoms with Crippen molar-refractivity contribution in [2.75, 3.05) is 18.8 Å². The Balaban J connectivity index is 2.41. The minimum absolute atomic E-state index is 0.264. The molecular weight excluding hydrogens is 190 g/mol. The van der Waals surface area contributed by atoms with Gasteiger partial charge in [0.25, 0.3) is 0 Å². The Labute approximate surface area is 81.3 Å². The molecule has 1 aliphatic heterocycles. The number of rotatable bonds is 2. The number of carboxylic acids is 1. The molecule has 1 rings (SSSR count). The quantitative estimate of drug-likeness (QED) is 0.661. The van der Waals surface area contributed by atoms with Crippen LogP contribution in [-0.2, 0) is 9.59 Å². The van der Waals surface area contributed by atoms with Gasteiger partial charge in [0, 0.05) is 24.1 Å². The van der Waals surface area contributed by atoms with Crippen molar-refractivity contribution in [2.45, 2.75) is 18.6 Å². The molecule has 1 heterocycles. The predicted octanol–water partition coefficient (Wildman–Crippen LogP) is 0.425. The summed E-state index contributed by atoms with van der Waals surface area (Å²) in [4.78, 5) is 23.2. The second-order valence-corrected chi connectivity index (χ2v) is 4.64. The number of carbonyl (C=O) groups is 2. The lowest BCUT2D eigenvalue weighted by Gasteiger charge is -2.30. The summed E-state index contributed by atoms with van der Waals surface area (Å²) in [7, 11) is 0. The first kappa shape index (κ1) is 10.4. The van der Waals surface area contributed by atoms with Crippen LogP contribution in [0.1, 0.15) is 13.3 Å². The van der Waals surface area contributed by atoms with Crippen LogP contribution in [0.5, 0.6) is 0 Å². The third-order valence-electron chi connectivity index (χ3n) is 1.90. The maximum atomic E-state index is 11.3.